The maximum atomic E-state index is 13.1. The molecule has 4 rings (SSSR count). The summed E-state index contributed by atoms with van der Waals surface area (Å²) in [4.78, 5) is 23.1. The van der Waals surface area contributed by atoms with Crippen molar-refractivity contribution in [3.05, 3.63) is 87.2 Å². The largest absolute Gasteiger partial charge is 0.300 e. The zero-order chi connectivity index (χ0) is 18.3. The van der Waals surface area contributed by atoms with Crippen LogP contribution in [0.25, 0.3) is 22.7 Å². The van der Waals surface area contributed by atoms with Gasteiger partial charge in [-0.3, -0.25) is 23.9 Å². The van der Waals surface area contributed by atoms with Crippen LogP contribution in [0.3, 0.4) is 0 Å². The van der Waals surface area contributed by atoms with Gasteiger partial charge in [0.15, 0.2) is 5.82 Å². The second kappa shape index (κ2) is 5.88. The Balaban J connectivity index is 1.87. The number of nitrogens with zero attached hydrogens (tertiary/aromatic N) is 5. The van der Waals surface area contributed by atoms with Crippen molar-refractivity contribution >= 4 is 11.3 Å². The predicted molar refractivity (Wildman–Crippen MR) is 90.6 cm³/mol. The van der Waals surface area contributed by atoms with Crippen molar-refractivity contribution in [2.24, 2.45) is 0 Å². The molecule has 0 spiro atoms. The lowest BCUT2D eigenvalue weighted by Crippen LogP contribution is -2.20. The molecule has 2 heterocycles. The van der Waals surface area contributed by atoms with E-state index in [1.807, 2.05) is 0 Å². The van der Waals surface area contributed by atoms with Gasteiger partial charge < -0.3 is 0 Å². The molecule has 0 amide bonds. The molecule has 0 saturated carbocycles. The Bertz CT molecular complexity index is 1200. The molecule has 26 heavy (non-hydrogen) atoms. The fraction of sp³-hybridized carbons (Fsp3) is 0. The van der Waals surface area contributed by atoms with Crippen LogP contribution < -0.4 is 5.56 Å². The Labute approximate surface area is 144 Å². The predicted octanol–water partition coefficient (Wildman–Crippen LogP) is 2.59. The third-order valence-corrected chi connectivity index (χ3v) is 3.89. The van der Waals surface area contributed by atoms with Gasteiger partial charge >= 0.3 is 5.56 Å². The first-order valence-electron chi connectivity index (χ1n) is 7.52. The molecule has 0 unspecified atom stereocenters. The van der Waals surface area contributed by atoms with Crippen LogP contribution in [0.2, 0.25) is 0 Å². The number of hydrogen-bond donors (Lipinski definition) is 0. The average Bonchev–Trinajstić information content (AvgIpc) is 3.08. The highest BCUT2D eigenvalue weighted by molar-refractivity contribution is 5.62. The molecular formula is C17H10FN5O3. The van der Waals surface area contributed by atoms with Crippen molar-refractivity contribution in [3.8, 4) is 17.1 Å². The van der Waals surface area contributed by atoms with Gasteiger partial charge in [0.05, 0.1) is 4.92 Å². The minimum Gasteiger partial charge on any atom is -0.280 e. The summed E-state index contributed by atoms with van der Waals surface area (Å²) in [5.74, 6) is -0.0923. The number of fused-ring (bicyclic) bond motifs is 1. The summed E-state index contributed by atoms with van der Waals surface area (Å²) in [6.45, 7) is 0. The fourth-order valence-corrected chi connectivity index (χ4v) is 2.65. The Morgan fingerprint density at radius 1 is 1.04 bits per heavy atom. The van der Waals surface area contributed by atoms with Crippen LogP contribution in [0.5, 0.6) is 0 Å². The van der Waals surface area contributed by atoms with Crippen LogP contribution in [0, 0.1) is 15.9 Å². The average molecular weight is 351 g/mol. The first-order valence-corrected chi connectivity index (χ1v) is 7.52. The molecule has 0 bridgehead atoms. The number of rotatable bonds is 3. The quantitative estimate of drug-likeness (QED) is 0.418. The van der Waals surface area contributed by atoms with Gasteiger partial charge in [0.1, 0.15) is 5.82 Å². The topological polar surface area (TPSA) is 95.3 Å². The van der Waals surface area contributed by atoms with E-state index in [4.69, 9.17) is 0 Å². The van der Waals surface area contributed by atoms with E-state index in [1.165, 1.54) is 57.6 Å². The molecule has 0 fully saturated rings. The van der Waals surface area contributed by atoms with Gasteiger partial charge in [-0.15, -0.1) is 10.2 Å². The van der Waals surface area contributed by atoms with Crippen molar-refractivity contribution in [2.75, 3.05) is 0 Å². The third kappa shape index (κ3) is 2.51. The molecule has 2 aromatic carbocycles. The van der Waals surface area contributed by atoms with Gasteiger partial charge in [0, 0.05) is 35.8 Å². The monoisotopic (exact) mass is 351 g/mol. The van der Waals surface area contributed by atoms with Crippen molar-refractivity contribution in [2.45, 2.75) is 0 Å². The molecule has 0 aliphatic carbocycles. The summed E-state index contributed by atoms with van der Waals surface area (Å²) in [5, 5.41) is 18.8. The van der Waals surface area contributed by atoms with Crippen LogP contribution in [0.4, 0.5) is 10.1 Å². The standard InChI is InChI=1S/C17H10FN5O3/c18-12-4-6-13(7-5-12)21-8-9-22-15(19-20-16(22)17(21)24)11-2-1-3-14(10-11)23(25)26/h1-10H. The van der Waals surface area contributed by atoms with Crippen LogP contribution >= 0.6 is 0 Å². The zero-order valence-corrected chi connectivity index (χ0v) is 13.1. The van der Waals surface area contributed by atoms with E-state index in [0.29, 0.717) is 17.1 Å². The maximum absolute atomic E-state index is 13.1. The summed E-state index contributed by atoms with van der Waals surface area (Å²) in [6.07, 6.45) is 3.08. The van der Waals surface area contributed by atoms with Crippen molar-refractivity contribution in [1.29, 1.82) is 0 Å². The van der Waals surface area contributed by atoms with E-state index >= 15 is 0 Å². The molecule has 0 radical (unpaired) electrons. The Morgan fingerprint density at radius 3 is 2.54 bits per heavy atom. The zero-order valence-electron chi connectivity index (χ0n) is 13.1. The van der Waals surface area contributed by atoms with Gasteiger partial charge in [-0.2, -0.15) is 0 Å². The lowest BCUT2D eigenvalue weighted by molar-refractivity contribution is -0.384. The number of benzene rings is 2. The SMILES string of the molecule is O=c1c2nnc(-c3cccc([N+](=O)[O-])c3)n2ccn1-c1ccc(F)cc1. The van der Waals surface area contributed by atoms with Crippen molar-refractivity contribution in [1.82, 2.24) is 19.2 Å². The number of non-ortho nitro benzene ring substituents is 1. The lowest BCUT2D eigenvalue weighted by Gasteiger charge is -2.06. The van der Waals surface area contributed by atoms with Crippen molar-refractivity contribution in [3.63, 3.8) is 0 Å². The second-order valence-corrected chi connectivity index (χ2v) is 5.47. The molecule has 4 aromatic rings. The molecule has 0 aliphatic rings. The van der Waals surface area contributed by atoms with Gasteiger partial charge in [-0.05, 0) is 24.3 Å². The van der Waals surface area contributed by atoms with Crippen LogP contribution in [-0.4, -0.2) is 24.1 Å². The minimum absolute atomic E-state index is 0.0540. The minimum atomic E-state index is -0.506. The van der Waals surface area contributed by atoms with E-state index in [9.17, 15) is 19.3 Å². The summed E-state index contributed by atoms with van der Waals surface area (Å²) >= 11 is 0. The molecule has 0 atom stereocenters. The molecular weight excluding hydrogens is 341 g/mol. The summed E-state index contributed by atoms with van der Waals surface area (Å²) in [6, 6.07) is 11.4. The molecule has 9 heteroatoms. The van der Waals surface area contributed by atoms with E-state index in [-0.39, 0.29) is 11.3 Å². The molecule has 0 saturated heterocycles. The molecule has 8 nitrogen and oxygen atoms in total. The van der Waals surface area contributed by atoms with Crippen LogP contribution in [0.1, 0.15) is 0 Å². The summed E-state index contributed by atoms with van der Waals surface area (Å²) in [5.41, 5.74) is 0.477. The summed E-state index contributed by atoms with van der Waals surface area (Å²) in [7, 11) is 0. The summed E-state index contributed by atoms with van der Waals surface area (Å²) < 4.78 is 15.9. The number of nitro groups is 1. The Kier molecular flexibility index (Phi) is 3.54. The number of nitro benzene ring substituents is 1. The number of halogens is 1. The lowest BCUT2D eigenvalue weighted by atomic mass is 10.2. The molecule has 128 valence electrons. The van der Waals surface area contributed by atoms with Gasteiger partial charge in [0.25, 0.3) is 5.69 Å². The fourth-order valence-electron chi connectivity index (χ4n) is 2.65. The highest BCUT2D eigenvalue weighted by Crippen LogP contribution is 2.22. The Hall–Kier alpha value is -3.88. The smallest absolute Gasteiger partial charge is 0.280 e. The highest BCUT2D eigenvalue weighted by atomic mass is 19.1. The van der Waals surface area contributed by atoms with Gasteiger partial charge in [0.2, 0.25) is 5.65 Å². The first kappa shape index (κ1) is 15.6. The molecule has 2 aromatic heterocycles. The second-order valence-electron chi connectivity index (χ2n) is 5.47. The van der Waals surface area contributed by atoms with E-state index < -0.39 is 16.3 Å². The van der Waals surface area contributed by atoms with Gasteiger partial charge in [-0.1, -0.05) is 12.1 Å². The van der Waals surface area contributed by atoms with E-state index in [0.717, 1.165) is 0 Å². The third-order valence-electron chi connectivity index (χ3n) is 3.89. The van der Waals surface area contributed by atoms with E-state index in [1.54, 1.807) is 12.3 Å². The molecule has 0 N–H and O–H groups in total. The first-order chi connectivity index (χ1) is 12.5. The van der Waals surface area contributed by atoms with Crippen LogP contribution in [0.15, 0.2) is 65.7 Å². The highest BCUT2D eigenvalue weighted by Gasteiger charge is 2.15. The maximum Gasteiger partial charge on any atom is 0.300 e. The number of hydrogen-bond acceptors (Lipinski definition) is 5. The Morgan fingerprint density at radius 2 is 1.81 bits per heavy atom. The van der Waals surface area contributed by atoms with E-state index in [2.05, 4.69) is 10.2 Å². The van der Waals surface area contributed by atoms with Gasteiger partial charge in [-0.25, -0.2) is 4.39 Å². The number of aromatic nitrogens is 4. The molecule has 0 aliphatic heterocycles. The normalized spacial score (nSPS) is 11.0. The van der Waals surface area contributed by atoms with Crippen molar-refractivity contribution < 1.29 is 9.31 Å². The van der Waals surface area contributed by atoms with Crippen LogP contribution in [-0.2, 0) is 0 Å².